The van der Waals surface area contributed by atoms with Gasteiger partial charge in [0.05, 0.1) is 19.8 Å². The first-order valence-electron chi connectivity index (χ1n) is 11.1. The number of anilines is 1. The van der Waals surface area contributed by atoms with Crippen molar-refractivity contribution in [1.82, 2.24) is 24.6 Å². The number of thioether (sulfide) groups is 1. The van der Waals surface area contributed by atoms with Crippen LogP contribution in [0.15, 0.2) is 33.5 Å². The van der Waals surface area contributed by atoms with Crippen LogP contribution < -0.4 is 16.5 Å². The number of hydrogen-bond acceptors (Lipinski definition) is 12. The average Bonchev–Trinajstić information content (AvgIpc) is 3.27. The molecule has 0 aromatic carbocycles. The van der Waals surface area contributed by atoms with Crippen molar-refractivity contribution in [2.75, 3.05) is 39.2 Å². The molecule has 15 nitrogen and oxygen atoms in total. The van der Waals surface area contributed by atoms with Crippen LogP contribution in [-0.4, -0.2) is 102 Å². The SMILES string of the molecule is CO/N=C(\C(=O)N[C@@H]1C(=O)N2C(C(=O)O)=C(C[N+](C)(C)Cc3cc(=O)c(O)c[nH]3)CS[C@H]12)c1nsc(N)n1. The fraction of sp³-hybridized carbons (Fsp3) is 0.381. The van der Waals surface area contributed by atoms with Gasteiger partial charge in [-0.05, 0) is 0 Å². The lowest BCUT2D eigenvalue weighted by Crippen LogP contribution is -2.71. The number of carboxylic acids is 1. The number of rotatable bonds is 9. The molecule has 4 rings (SSSR count). The second kappa shape index (κ2) is 10.4. The number of nitrogens with zero attached hydrogens (tertiary/aromatic N) is 5. The zero-order chi connectivity index (χ0) is 27.8. The Bertz CT molecular complexity index is 1420. The van der Waals surface area contributed by atoms with Gasteiger partial charge in [0.15, 0.2) is 10.9 Å². The Morgan fingerprint density at radius 3 is 2.71 bits per heavy atom. The van der Waals surface area contributed by atoms with E-state index in [1.54, 1.807) is 0 Å². The second-order valence-electron chi connectivity index (χ2n) is 9.16. The lowest BCUT2D eigenvalue weighted by molar-refractivity contribution is -0.899. The van der Waals surface area contributed by atoms with E-state index in [0.29, 0.717) is 23.6 Å². The summed E-state index contributed by atoms with van der Waals surface area (Å²) in [7, 11) is 4.94. The Labute approximate surface area is 223 Å². The standard InChI is InChI=1S/C21H24N8O7S2/c1-29(2,7-10-4-11(30)12(31)5-23-10)6-9-8-37-19-14(18(33)28(19)15(9)20(34)35)24-17(32)13(26-36-3)16-25-21(22)38-27-16/h4-5,14,19H,6-8H2,1-3H3,(H5-,22,23,24,25,26,27,30,31,32,34,35)/p+1/t14-,19-/m1/s1. The van der Waals surface area contributed by atoms with E-state index in [0.717, 1.165) is 11.5 Å². The van der Waals surface area contributed by atoms with Crippen LogP contribution in [0.4, 0.5) is 5.13 Å². The highest BCUT2D eigenvalue weighted by Crippen LogP contribution is 2.41. The van der Waals surface area contributed by atoms with E-state index < -0.39 is 40.4 Å². The number of aromatic nitrogens is 3. The van der Waals surface area contributed by atoms with Crippen LogP contribution in [0.3, 0.4) is 0 Å². The Morgan fingerprint density at radius 1 is 1.37 bits per heavy atom. The Balaban J connectivity index is 1.51. The minimum Gasteiger partial charge on any atom is -0.503 e. The third-order valence-corrected chi connectivity index (χ3v) is 7.64. The van der Waals surface area contributed by atoms with Crippen molar-refractivity contribution in [2.24, 2.45) is 5.16 Å². The number of amides is 2. The molecule has 6 N–H and O–H groups in total. The maximum Gasteiger partial charge on any atom is 0.352 e. The highest BCUT2D eigenvalue weighted by molar-refractivity contribution is 8.00. The van der Waals surface area contributed by atoms with E-state index in [4.69, 9.17) is 10.6 Å². The molecule has 2 aromatic heterocycles. The minimum absolute atomic E-state index is 0.0600. The molecule has 2 aliphatic heterocycles. The van der Waals surface area contributed by atoms with Crippen molar-refractivity contribution in [3.63, 3.8) is 0 Å². The van der Waals surface area contributed by atoms with Gasteiger partial charge in [0.25, 0.3) is 11.8 Å². The normalized spacial score (nSPS) is 19.6. The number of likely N-dealkylation sites (N-methyl/N-ethyl adjacent to an activating group) is 1. The van der Waals surface area contributed by atoms with Crippen molar-refractivity contribution >= 4 is 51.9 Å². The van der Waals surface area contributed by atoms with Crippen LogP contribution in [0.5, 0.6) is 5.75 Å². The molecule has 2 amide bonds. The molecular formula is C21H25N8O7S2+. The fourth-order valence-corrected chi connectivity index (χ4v) is 6.02. The number of oxime groups is 1. The first kappa shape index (κ1) is 27.1. The molecule has 0 aliphatic carbocycles. The fourth-order valence-electron chi connectivity index (χ4n) is 4.25. The summed E-state index contributed by atoms with van der Waals surface area (Å²) in [5.74, 6) is -2.76. The van der Waals surface area contributed by atoms with Gasteiger partial charge < -0.3 is 35.6 Å². The first-order valence-corrected chi connectivity index (χ1v) is 12.9. The van der Waals surface area contributed by atoms with E-state index in [-0.39, 0.29) is 33.4 Å². The Morgan fingerprint density at radius 2 is 2.11 bits per heavy atom. The number of H-pyrrole nitrogens is 1. The summed E-state index contributed by atoms with van der Waals surface area (Å²) in [6.45, 7) is 0.607. The number of aliphatic carboxylic acids is 1. The van der Waals surface area contributed by atoms with Crippen LogP contribution in [0.2, 0.25) is 0 Å². The molecule has 202 valence electrons. The molecular weight excluding hydrogens is 540 g/mol. The number of nitrogens with one attached hydrogen (secondary N) is 2. The number of nitrogen functional groups attached to an aromatic ring is 1. The topological polar surface area (TPSA) is 213 Å². The predicted octanol–water partition coefficient (Wildman–Crippen LogP) is -1.12. The molecule has 1 fully saturated rings. The number of fused-ring (bicyclic) bond motifs is 1. The van der Waals surface area contributed by atoms with Crippen LogP contribution in [-0.2, 0) is 25.8 Å². The highest BCUT2D eigenvalue weighted by atomic mass is 32.2. The van der Waals surface area contributed by atoms with Crippen molar-refractivity contribution in [3.8, 4) is 5.75 Å². The second-order valence-corrected chi connectivity index (χ2v) is 11.0. The number of pyridine rings is 1. The molecule has 17 heteroatoms. The van der Waals surface area contributed by atoms with E-state index in [1.165, 1.54) is 36.0 Å². The summed E-state index contributed by atoms with van der Waals surface area (Å²) in [5.41, 5.74) is 5.75. The summed E-state index contributed by atoms with van der Waals surface area (Å²) in [6.07, 6.45) is 1.20. The van der Waals surface area contributed by atoms with Gasteiger partial charge >= 0.3 is 5.97 Å². The zero-order valence-electron chi connectivity index (χ0n) is 20.5. The van der Waals surface area contributed by atoms with Gasteiger partial charge in [-0.15, -0.1) is 11.8 Å². The Kier molecular flexibility index (Phi) is 7.43. The quantitative estimate of drug-likeness (QED) is 0.106. The lowest BCUT2D eigenvalue weighted by Gasteiger charge is -2.49. The van der Waals surface area contributed by atoms with E-state index >= 15 is 0 Å². The zero-order valence-corrected chi connectivity index (χ0v) is 22.1. The molecule has 0 unspecified atom stereocenters. The first-order chi connectivity index (χ1) is 17.9. The molecule has 0 spiro atoms. The van der Waals surface area contributed by atoms with Gasteiger partial charge in [-0.1, -0.05) is 5.16 Å². The number of carboxylic acid groups (broad SMARTS) is 1. The summed E-state index contributed by atoms with van der Waals surface area (Å²) < 4.78 is 4.20. The van der Waals surface area contributed by atoms with Gasteiger partial charge in [0.2, 0.25) is 17.0 Å². The van der Waals surface area contributed by atoms with Crippen molar-refractivity contribution in [3.05, 3.63) is 45.3 Å². The van der Waals surface area contributed by atoms with E-state index in [1.807, 2.05) is 14.1 Å². The Hall–Kier alpha value is -3.96. The predicted molar refractivity (Wildman–Crippen MR) is 137 cm³/mol. The third-order valence-electron chi connectivity index (χ3n) is 5.76. The van der Waals surface area contributed by atoms with Crippen LogP contribution in [0, 0.1) is 0 Å². The number of nitrogens with two attached hydrogens (primary N) is 1. The van der Waals surface area contributed by atoms with Crippen LogP contribution in [0.1, 0.15) is 11.5 Å². The lowest BCUT2D eigenvalue weighted by atomic mass is 10.0. The van der Waals surface area contributed by atoms with Crippen LogP contribution >= 0.6 is 23.3 Å². The third kappa shape index (κ3) is 5.34. The summed E-state index contributed by atoms with van der Waals surface area (Å²) >= 11 is 2.18. The summed E-state index contributed by atoms with van der Waals surface area (Å²) in [6, 6.07) is 0.294. The molecule has 0 saturated carbocycles. The smallest absolute Gasteiger partial charge is 0.352 e. The monoisotopic (exact) mass is 565 g/mol. The largest absolute Gasteiger partial charge is 0.503 e. The van der Waals surface area contributed by atoms with Gasteiger partial charge in [0.1, 0.15) is 37.3 Å². The molecule has 0 bridgehead atoms. The van der Waals surface area contributed by atoms with E-state index in [2.05, 4.69) is 24.8 Å². The number of hydrogen-bond donors (Lipinski definition) is 5. The van der Waals surface area contributed by atoms with Crippen molar-refractivity contribution in [2.45, 2.75) is 18.0 Å². The summed E-state index contributed by atoms with van der Waals surface area (Å²) in [4.78, 5) is 62.6. The number of carbonyl (C=O) groups is 3. The number of aromatic amines is 1. The number of carbonyl (C=O) groups excluding carboxylic acids is 2. The van der Waals surface area contributed by atoms with Gasteiger partial charge in [0, 0.05) is 35.1 Å². The van der Waals surface area contributed by atoms with Crippen molar-refractivity contribution in [1.29, 1.82) is 0 Å². The van der Waals surface area contributed by atoms with Gasteiger partial charge in [-0.2, -0.15) is 9.36 Å². The molecule has 4 heterocycles. The minimum atomic E-state index is -1.26. The molecule has 38 heavy (non-hydrogen) atoms. The summed E-state index contributed by atoms with van der Waals surface area (Å²) in [5, 5.41) is 25.1. The molecule has 1 saturated heterocycles. The number of β-lactam (4-membered cyclic amide) rings is 1. The number of aromatic hydroxyl groups is 1. The highest BCUT2D eigenvalue weighted by Gasteiger charge is 2.55. The molecule has 0 radical (unpaired) electrons. The maximum atomic E-state index is 13.1. The number of quaternary nitrogens is 1. The average molecular weight is 566 g/mol. The maximum absolute atomic E-state index is 13.1. The van der Waals surface area contributed by atoms with Gasteiger partial charge in [-0.25, -0.2) is 4.79 Å². The molecule has 2 aliphatic rings. The van der Waals surface area contributed by atoms with Crippen molar-refractivity contribution < 1.29 is 33.9 Å². The van der Waals surface area contributed by atoms with Crippen LogP contribution in [0.25, 0.3) is 0 Å². The molecule has 2 atom stereocenters. The molecule has 2 aromatic rings. The van der Waals surface area contributed by atoms with E-state index in [9.17, 15) is 29.4 Å². The van der Waals surface area contributed by atoms with Gasteiger partial charge in [-0.3, -0.25) is 19.3 Å².